The first-order chi connectivity index (χ1) is 11.6. The molecular formula is C20H39N3O2. The van der Waals surface area contributed by atoms with Crippen LogP contribution in [-0.4, -0.2) is 30.4 Å². The van der Waals surface area contributed by atoms with E-state index >= 15 is 0 Å². The molecule has 0 spiro atoms. The highest BCUT2D eigenvalue weighted by Crippen LogP contribution is 2.38. The molecule has 0 aromatic heterocycles. The predicted molar refractivity (Wildman–Crippen MR) is 103 cm³/mol. The third-order valence-corrected chi connectivity index (χ3v) is 5.40. The van der Waals surface area contributed by atoms with E-state index in [0.717, 1.165) is 19.3 Å². The van der Waals surface area contributed by atoms with Gasteiger partial charge in [0.15, 0.2) is 0 Å². The van der Waals surface area contributed by atoms with Gasteiger partial charge in [0, 0.05) is 18.5 Å². The number of nitrogens with two attached hydrogens (primary N) is 1. The third kappa shape index (κ3) is 7.35. The average Bonchev–Trinajstić information content (AvgIpc) is 2.51. The van der Waals surface area contributed by atoms with Crippen molar-refractivity contribution in [3.05, 3.63) is 0 Å². The van der Waals surface area contributed by atoms with Crippen molar-refractivity contribution in [1.82, 2.24) is 10.6 Å². The van der Waals surface area contributed by atoms with Gasteiger partial charge in [-0.2, -0.15) is 0 Å². The van der Waals surface area contributed by atoms with Gasteiger partial charge in [-0.15, -0.1) is 0 Å². The summed E-state index contributed by atoms with van der Waals surface area (Å²) in [7, 11) is 0. The van der Waals surface area contributed by atoms with Crippen LogP contribution in [0.5, 0.6) is 0 Å². The van der Waals surface area contributed by atoms with Crippen molar-refractivity contribution in [3.8, 4) is 0 Å². The van der Waals surface area contributed by atoms with Crippen LogP contribution in [-0.2, 0) is 9.59 Å². The van der Waals surface area contributed by atoms with Gasteiger partial charge in [0.05, 0.1) is 6.04 Å². The Bertz CT molecular complexity index is 435. The maximum Gasteiger partial charge on any atom is 0.236 e. The van der Waals surface area contributed by atoms with E-state index in [-0.39, 0.29) is 23.8 Å². The van der Waals surface area contributed by atoms with Crippen LogP contribution >= 0.6 is 0 Å². The normalized spacial score (nSPS) is 26.4. The second-order valence-electron chi connectivity index (χ2n) is 8.80. The summed E-state index contributed by atoms with van der Waals surface area (Å²) < 4.78 is 0. The van der Waals surface area contributed by atoms with Crippen molar-refractivity contribution in [1.29, 1.82) is 0 Å². The number of carbonyl (C=O) groups is 2. The van der Waals surface area contributed by atoms with Gasteiger partial charge in [-0.05, 0) is 49.9 Å². The molecule has 1 aliphatic rings. The van der Waals surface area contributed by atoms with Gasteiger partial charge in [0.25, 0.3) is 0 Å². The molecule has 0 bridgehead atoms. The van der Waals surface area contributed by atoms with Crippen LogP contribution in [0.4, 0.5) is 0 Å². The Morgan fingerprint density at radius 2 is 1.76 bits per heavy atom. The minimum Gasteiger partial charge on any atom is -0.354 e. The first-order valence-corrected chi connectivity index (χ1v) is 9.95. The molecule has 1 rings (SSSR count). The molecule has 4 N–H and O–H groups in total. The standard InChI is InChI=1S/C20H39N3O2/c1-12(2)9-16(23-19(24)15(6)21)11-22-20(25)18-10-14(5)7-8-17(18)13(3)4/h12-18H,7-11,21H2,1-6H3,(H,22,25)(H,23,24)/t14?,15?,16?,17-,18+/m0/s1. The van der Waals surface area contributed by atoms with E-state index in [1.54, 1.807) is 6.92 Å². The zero-order valence-electron chi connectivity index (χ0n) is 17.0. The Balaban J connectivity index is 2.66. The summed E-state index contributed by atoms with van der Waals surface area (Å²) in [5.74, 6) is 2.10. The van der Waals surface area contributed by atoms with Gasteiger partial charge < -0.3 is 16.4 Å². The number of hydrogen-bond donors (Lipinski definition) is 3. The molecular weight excluding hydrogens is 314 g/mol. The number of rotatable bonds is 8. The molecule has 25 heavy (non-hydrogen) atoms. The maximum atomic E-state index is 12.8. The Morgan fingerprint density at radius 1 is 1.12 bits per heavy atom. The molecule has 0 heterocycles. The molecule has 5 nitrogen and oxygen atoms in total. The molecule has 0 aromatic rings. The molecule has 1 fully saturated rings. The molecule has 0 radical (unpaired) electrons. The van der Waals surface area contributed by atoms with E-state index in [0.29, 0.717) is 30.2 Å². The lowest BCUT2D eigenvalue weighted by atomic mass is 9.70. The van der Waals surface area contributed by atoms with Crippen molar-refractivity contribution in [2.75, 3.05) is 6.54 Å². The molecule has 2 amide bonds. The highest BCUT2D eigenvalue weighted by Gasteiger charge is 2.35. The van der Waals surface area contributed by atoms with Crippen molar-refractivity contribution in [2.45, 2.75) is 79.3 Å². The molecule has 146 valence electrons. The summed E-state index contributed by atoms with van der Waals surface area (Å²) >= 11 is 0. The van der Waals surface area contributed by atoms with E-state index in [1.165, 1.54) is 6.42 Å². The molecule has 3 unspecified atom stereocenters. The monoisotopic (exact) mass is 353 g/mol. The first kappa shape index (κ1) is 21.9. The second-order valence-corrected chi connectivity index (χ2v) is 8.80. The van der Waals surface area contributed by atoms with Crippen molar-refractivity contribution in [3.63, 3.8) is 0 Å². The van der Waals surface area contributed by atoms with Gasteiger partial charge in [0.2, 0.25) is 11.8 Å². The Kier molecular flexibility index (Phi) is 8.91. The predicted octanol–water partition coefficient (Wildman–Crippen LogP) is 2.69. The fourth-order valence-electron chi connectivity index (χ4n) is 3.95. The van der Waals surface area contributed by atoms with E-state index in [4.69, 9.17) is 5.73 Å². The summed E-state index contributed by atoms with van der Waals surface area (Å²) in [5.41, 5.74) is 5.66. The van der Waals surface area contributed by atoms with Crippen LogP contribution in [0.25, 0.3) is 0 Å². The van der Waals surface area contributed by atoms with Crippen LogP contribution in [0.1, 0.15) is 67.2 Å². The lowest BCUT2D eigenvalue weighted by Crippen LogP contribution is -2.50. The number of amides is 2. The molecule has 0 aliphatic heterocycles. The highest BCUT2D eigenvalue weighted by atomic mass is 16.2. The first-order valence-electron chi connectivity index (χ1n) is 9.95. The van der Waals surface area contributed by atoms with Gasteiger partial charge >= 0.3 is 0 Å². The molecule has 5 heteroatoms. The number of carbonyl (C=O) groups excluding carboxylic acids is 2. The minimum absolute atomic E-state index is 0.0686. The second kappa shape index (κ2) is 10.1. The fourth-order valence-corrected chi connectivity index (χ4v) is 3.95. The average molecular weight is 354 g/mol. The molecule has 0 saturated heterocycles. The molecule has 1 saturated carbocycles. The smallest absolute Gasteiger partial charge is 0.236 e. The zero-order valence-corrected chi connectivity index (χ0v) is 17.0. The van der Waals surface area contributed by atoms with Crippen LogP contribution in [0.15, 0.2) is 0 Å². The lowest BCUT2D eigenvalue weighted by Gasteiger charge is -2.36. The minimum atomic E-state index is -0.533. The number of nitrogens with one attached hydrogen (secondary N) is 2. The van der Waals surface area contributed by atoms with Crippen molar-refractivity contribution >= 4 is 11.8 Å². The molecule has 5 atom stereocenters. The summed E-state index contributed by atoms with van der Waals surface area (Å²) in [5, 5.41) is 6.08. The molecule has 0 aromatic carbocycles. The Labute approximate surface area is 153 Å². The quantitative estimate of drug-likeness (QED) is 0.627. The molecule has 1 aliphatic carbocycles. The van der Waals surface area contributed by atoms with Crippen molar-refractivity contribution < 1.29 is 9.59 Å². The third-order valence-electron chi connectivity index (χ3n) is 5.40. The number of hydrogen-bond acceptors (Lipinski definition) is 3. The topological polar surface area (TPSA) is 84.2 Å². The van der Waals surface area contributed by atoms with Gasteiger partial charge in [0.1, 0.15) is 0 Å². The van der Waals surface area contributed by atoms with Crippen LogP contribution in [0, 0.1) is 29.6 Å². The van der Waals surface area contributed by atoms with E-state index < -0.39 is 6.04 Å². The van der Waals surface area contributed by atoms with Gasteiger partial charge in [-0.25, -0.2) is 0 Å². The maximum absolute atomic E-state index is 12.8. The van der Waals surface area contributed by atoms with Crippen molar-refractivity contribution in [2.24, 2.45) is 35.3 Å². The SMILES string of the molecule is CC(C)CC(CNC(=O)[C@@H]1CC(C)CC[C@H]1C(C)C)NC(=O)C(C)N. The van der Waals surface area contributed by atoms with Gasteiger partial charge in [-0.1, -0.05) is 41.0 Å². The zero-order chi connectivity index (χ0) is 19.1. The van der Waals surface area contributed by atoms with Gasteiger partial charge in [-0.3, -0.25) is 9.59 Å². The summed E-state index contributed by atoms with van der Waals surface area (Å²) in [4.78, 5) is 24.7. The largest absolute Gasteiger partial charge is 0.354 e. The Morgan fingerprint density at radius 3 is 2.28 bits per heavy atom. The lowest BCUT2D eigenvalue weighted by molar-refractivity contribution is -0.130. The van der Waals surface area contributed by atoms with E-state index in [2.05, 4.69) is 45.3 Å². The van der Waals surface area contributed by atoms with E-state index in [1.807, 2.05) is 0 Å². The van der Waals surface area contributed by atoms with Crippen LogP contribution in [0.3, 0.4) is 0 Å². The summed E-state index contributed by atoms with van der Waals surface area (Å²) in [6, 6.07) is -0.601. The fraction of sp³-hybridized carbons (Fsp3) is 0.900. The summed E-state index contributed by atoms with van der Waals surface area (Å²) in [6.07, 6.45) is 4.14. The van der Waals surface area contributed by atoms with Crippen LogP contribution in [0.2, 0.25) is 0 Å². The van der Waals surface area contributed by atoms with E-state index in [9.17, 15) is 9.59 Å². The summed E-state index contributed by atoms with van der Waals surface area (Å²) in [6.45, 7) is 13.1. The Hall–Kier alpha value is -1.10. The van der Waals surface area contributed by atoms with Crippen LogP contribution < -0.4 is 16.4 Å². The highest BCUT2D eigenvalue weighted by molar-refractivity contribution is 5.81.